The summed E-state index contributed by atoms with van der Waals surface area (Å²) in [5, 5.41) is -0.181. The van der Waals surface area contributed by atoms with Gasteiger partial charge in [-0.2, -0.15) is 0 Å². The first kappa shape index (κ1) is 17.0. The molecule has 2 aliphatic carbocycles. The molecule has 0 saturated heterocycles. The first-order valence-electron chi connectivity index (χ1n) is 8.48. The first-order valence-corrected chi connectivity index (χ1v) is 10.3. The lowest BCUT2D eigenvalue weighted by atomic mass is 9.94. The molecule has 132 valence electrons. The molecule has 0 heterocycles. The Morgan fingerprint density at radius 2 is 1.60 bits per heavy atom. The summed E-state index contributed by atoms with van der Waals surface area (Å²) in [6, 6.07) is 11.8. The maximum absolute atomic E-state index is 13.3. The maximum atomic E-state index is 13.3. The molecule has 4 rings (SSSR count). The summed E-state index contributed by atoms with van der Waals surface area (Å²) >= 11 is 5.75. The van der Waals surface area contributed by atoms with E-state index < -0.39 is 15.8 Å². The molecule has 25 heavy (non-hydrogen) atoms. The lowest BCUT2D eigenvalue weighted by Gasteiger charge is -2.23. The Morgan fingerprint density at radius 3 is 2.16 bits per heavy atom. The molecule has 1 fully saturated rings. The van der Waals surface area contributed by atoms with Crippen molar-refractivity contribution in [2.24, 2.45) is 11.8 Å². The van der Waals surface area contributed by atoms with E-state index in [1.165, 1.54) is 23.3 Å². The van der Waals surface area contributed by atoms with Gasteiger partial charge in [0.15, 0.2) is 0 Å². The number of sulfonamides is 1. The Morgan fingerprint density at radius 1 is 1.00 bits per heavy atom. The van der Waals surface area contributed by atoms with E-state index in [0.717, 1.165) is 31.7 Å². The summed E-state index contributed by atoms with van der Waals surface area (Å²) in [6.07, 6.45) is 3.83. The van der Waals surface area contributed by atoms with Gasteiger partial charge in [0.1, 0.15) is 5.82 Å². The summed E-state index contributed by atoms with van der Waals surface area (Å²) in [4.78, 5) is 0.0139. The molecule has 1 N–H and O–H groups in total. The first-order chi connectivity index (χ1) is 11.9. The van der Waals surface area contributed by atoms with Crippen LogP contribution in [-0.2, 0) is 22.9 Å². The van der Waals surface area contributed by atoms with Crippen molar-refractivity contribution in [3.05, 3.63) is 64.4 Å². The monoisotopic (exact) mass is 379 g/mol. The van der Waals surface area contributed by atoms with Gasteiger partial charge in [0.2, 0.25) is 10.0 Å². The predicted molar refractivity (Wildman–Crippen MR) is 95.6 cm³/mol. The number of nitrogens with one attached hydrogen (secondary N) is 1. The van der Waals surface area contributed by atoms with E-state index in [9.17, 15) is 12.8 Å². The normalized spacial score (nSPS) is 25.4. The lowest BCUT2D eigenvalue weighted by Crippen LogP contribution is -2.41. The second kappa shape index (κ2) is 6.38. The quantitative estimate of drug-likeness (QED) is 0.877. The fourth-order valence-electron chi connectivity index (χ4n) is 4.23. The molecule has 2 atom stereocenters. The molecule has 0 amide bonds. The minimum atomic E-state index is -3.73. The number of fused-ring (bicyclic) bond motifs is 3. The van der Waals surface area contributed by atoms with Crippen LogP contribution in [0, 0.1) is 17.7 Å². The molecule has 3 nitrogen and oxygen atoms in total. The molecule has 2 aromatic carbocycles. The van der Waals surface area contributed by atoms with E-state index >= 15 is 0 Å². The van der Waals surface area contributed by atoms with Crippen LogP contribution < -0.4 is 4.72 Å². The SMILES string of the molecule is O=S(=O)(NC1C2CCC1Cc1ccccc1C2)c1ccc(F)c(Cl)c1. The zero-order valence-electron chi connectivity index (χ0n) is 13.6. The van der Waals surface area contributed by atoms with E-state index in [1.54, 1.807) is 0 Å². The minimum Gasteiger partial charge on any atom is -0.207 e. The van der Waals surface area contributed by atoms with Crippen molar-refractivity contribution in [1.29, 1.82) is 0 Å². The molecule has 0 aromatic heterocycles. The van der Waals surface area contributed by atoms with Gasteiger partial charge in [-0.05, 0) is 66.8 Å². The van der Waals surface area contributed by atoms with Gasteiger partial charge < -0.3 is 0 Å². The third kappa shape index (κ3) is 3.21. The minimum absolute atomic E-state index is 0.0139. The molecule has 0 aliphatic heterocycles. The Bertz CT molecular complexity index is 882. The van der Waals surface area contributed by atoms with Gasteiger partial charge in [-0.25, -0.2) is 17.5 Å². The van der Waals surface area contributed by atoms with Crippen molar-refractivity contribution in [3.63, 3.8) is 0 Å². The molecule has 2 aliphatic rings. The number of benzene rings is 2. The van der Waals surface area contributed by atoms with Crippen LogP contribution in [0.5, 0.6) is 0 Å². The zero-order chi connectivity index (χ0) is 17.6. The standard InChI is InChI=1S/C19H19ClFNO2S/c20-17-11-16(7-8-18(17)21)25(23,24)22-19-14-5-6-15(19)10-13-4-2-1-3-12(13)9-14/h1-4,7-8,11,14-15,19,22H,5-6,9-10H2. The molecule has 2 unspecified atom stereocenters. The predicted octanol–water partition coefficient (Wildman–Crippen LogP) is 3.95. The van der Waals surface area contributed by atoms with Gasteiger partial charge in [-0.3, -0.25) is 0 Å². The Balaban J connectivity index is 1.61. The molecule has 0 radical (unpaired) electrons. The zero-order valence-corrected chi connectivity index (χ0v) is 15.2. The number of rotatable bonds is 3. The van der Waals surface area contributed by atoms with Crippen LogP contribution in [0.15, 0.2) is 47.4 Å². The Kier molecular flexibility index (Phi) is 4.34. The lowest BCUT2D eigenvalue weighted by molar-refractivity contribution is 0.386. The number of hydrogen-bond acceptors (Lipinski definition) is 2. The van der Waals surface area contributed by atoms with Crippen LogP contribution in [0.4, 0.5) is 4.39 Å². The van der Waals surface area contributed by atoms with Gasteiger partial charge >= 0.3 is 0 Å². The highest BCUT2D eigenvalue weighted by molar-refractivity contribution is 7.89. The average Bonchev–Trinajstić information content (AvgIpc) is 2.84. The van der Waals surface area contributed by atoms with Gasteiger partial charge in [-0.15, -0.1) is 0 Å². The van der Waals surface area contributed by atoms with E-state index in [-0.39, 0.29) is 16.0 Å². The van der Waals surface area contributed by atoms with Crippen LogP contribution in [0.3, 0.4) is 0 Å². The van der Waals surface area contributed by atoms with Crippen LogP contribution in [0.25, 0.3) is 0 Å². The third-order valence-electron chi connectivity index (χ3n) is 5.50. The molecule has 2 aromatic rings. The van der Waals surface area contributed by atoms with Crippen molar-refractivity contribution in [1.82, 2.24) is 4.72 Å². The average molecular weight is 380 g/mol. The van der Waals surface area contributed by atoms with E-state index in [1.807, 2.05) is 12.1 Å². The van der Waals surface area contributed by atoms with Gasteiger partial charge in [0.05, 0.1) is 9.92 Å². The van der Waals surface area contributed by atoms with E-state index in [2.05, 4.69) is 16.9 Å². The van der Waals surface area contributed by atoms with Crippen LogP contribution in [-0.4, -0.2) is 14.5 Å². The summed E-state index contributed by atoms with van der Waals surface area (Å²) in [7, 11) is -3.73. The van der Waals surface area contributed by atoms with Gasteiger partial charge in [0, 0.05) is 6.04 Å². The Labute approximate surface area is 152 Å². The van der Waals surface area contributed by atoms with Crippen LogP contribution in [0.2, 0.25) is 5.02 Å². The summed E-state index contributed by atoms with van der Waals surface area (Å²) in [5.41, 5.74) is 2.65. The van der Waals surface area contributed by atoms with Crippen molar-refractivity contribution in [2.45, 2.75) is 36.6 Å². The number of halogens is 2. The largest absolute Gasteiger partial charge is 0.240 e. The highest BCUT2D eigenvalue weighted by Gasteiger charge is 2.41. The Hall–Kier alpha value is -1.43. The van der Waals surface area contributed by atoms with Gasteiger partial charge in [0.25, 0.3) is 0 Å². The fourth-order valence-corrected chi connectivity index (χ4v) is 5.88. The molecule has 1 saturated carbocycles. The number of hydrogen-bond donors (Lipinski definition) is 1. The highest BCUT2D eigenvalue weighted by atomic mass is 35.5. The molecular weight excluding hydrogens is 361 g/mol. The second-order valence-corrected chi connectivity index (χ2v) is 9.12. The second-order valence-electron chi connectivity index (χ2n) is 7.00. The van der Waals surface area contributed by atoms with Crippen molar-refractivity contribution >= 4 is 21.6 Å². The van der Waals surface area contributed by atoms with Crippen molar-refractivity contribution in [2.75, 3.05) is 0 Å². The van der Waals surface area contributed by atoms with Crippen molar-refractivity contribution < 1.29 is 12.8 Å². The third-order valence-corrected chi connectivity index (χ3v) is 7.25. The highest BCUT2D eigenvalue weighted by Crippen LogP contribution is 2.40. The van der Waals surface area contributed by atoms with Crippen LogP contribution in [0.1, 0.15) is 24.0 Å². The maximum Gasteiger partial charge on any atom is 0.240 e. The molecule has 6 heteroatoms. The van der Waals surface area contributed by atoms with Crippen LogP contribution >= 0.6 is 11.6 Å². The van der Waals surface area contributed by atoms with Gasteiger partial charge in [-0.1, -0.05) is 35.9 Å². The summed E-state index contributed by atoms with van der Waals surface area (Å²) in [6.45, 7) is 0. The molecule has 0 spiro atoms. The smallest absolute Gasteiger partial charge is 0.207 e. The molecular formula is C19H19ClFNO2S. The molecule has 2 bridgehead atoms. The summed E-state index contributed by atoms with van der Waals surface area (Å²) < 4.78 is 41.8. The van der Waals surface area contributed by atoms with E-state index in [4.69, 9.17) is 11.6 Å². The van der Waals surface area contributed by atoms with E-state index in [0.29, 0.717) is 11.8 Å². The van der Waals surface area contributed by atoms with Crippen molar-refractivity contribution in [3.8, 4) is 0 Å². The fraction of sp³-hybridized carbons (Fsp3) is 0.368. The topological polar surface area (TPSA) is 46.2 Å². The summed E-state index contributed by atoms with van der Waals surface area (Å²) in [5.74, 6) is -0.0377.